The van der Waals surface area contributed by atoms with Gasteiger partial charge in [-0.15, -0.1) is 21.5 Å². The van der Waals surface area contributed by atoms with Crippen LogP contribution in [0.5, 0.6) is 0 Å². The van der Waals surface area contributed by atoms with Crippen molar-refractivity contribution in [1.82, 2.24) is 15.5 Å². The highest BCUT2D eigenvalue weighted by Gasteiger charge is 2.14. The van der Waals surface area contributed by atoms with E-state index < -0.39 is 0 Å². The summed E-state index contributed by atoms with van der Waals surface area (Å²) in [5, 5.41) is 14.0. The molecule has 0 spiro atoms. The zero-order valence-electron chi connectivity index (χ0n) is 10.3. The number of nitrogens with zero attached hydrogens (tertiary/aromatic N) is 2. The molecule has 1 heterocycles. The highest BCUT2D eigenvalue weighted by molar-refractivity contribution is 7.11. The molecule has 1 rings (SSSR count). The molecule has 0 atom stereocenters. The van der Waals surface area contributed by atoms with Gasteiger partial charge in [0.1, 0.15) is 10.0 Å². The van der Waals surface area contributed by atoms with Gasteiger partial charge < -0.3 is 5.32 Å². The summed E-state index contributed by atoms with van der Waals surface area (Å²) < 4.78 is 0. The summed E-state index contributed by atoms with van der Waals surface area (Å²) in [6.45, 7) is 11.8. The largest absolute Gasteiger partial charge is 0.308 e. The Labute approximate surface area is 96.3 Å². The molecule has 1 aromatic rings. The van der Waals surface area contributed by atoms with E-state index in [1.807, 2.05) is 0 Å². The summed E-state index contributed by atoms with van der Waals surface area (Å²) in [5.41, 5.74) is 0.294. The van der Waals surface area contributed by atoms with Crippen LogP contribution in [0.4, 0.5) is 0 Å². The van der Waals surface area contributed by atoms with Gasteiger partial charge in [-0.3, -0.25) is 0 Å². The van der Waals surface area contributed by atoms with Crippen molar-refractivity contribution in [2.24, 2.45) is 5.41 Å². The first-order chi connectivity index (χ1) is 6.87. The molecule has 0 aliphatic carbocycles. The van der Waals surface area contributed by atoms with Crippen molar-refractivity contribution >= 4 is 11.3 Å². The van der Waals surface area contributed by atoms with Gasteiger partial charge in [-0.1, -0.05) is 34.6 Å². The Morgan fingerprint density at radius 3 is 2.33 bits per heavy atom. The van der Waals surface area contributed by atoms with Gasteiger partial charge in [0.2, 0.25) is 0 Å². The van der Waals surface area contributed by atoms with E-state index in [4.69, 9.17) is 0 Å². The monoisotopic (exact) mass is 227 g/mol. The molecule has 0 aromatic carbocycles. The zero-order chi connectivity index (χ0) is 11.5. The van der Waals surface area contributed by atoms with E-state index in [1.54, 1.807) is 11.3 Å². The van der Waals surface area contributed by atoms with Gasteiger partial charge in [-0.25, -0.2) is 0 Å². The lowest BCUT2D eigenvalue weighted by Crippen LogP contribution is -2.21. The van der Waals surface area contributed by atoms with Crippen molar-refractivity contribution in [3.8, 4) is 0 Å². The van der Waals surface area contributed by atoms with Crippen molar-refractivity contribution in [3.05, 3.63) is 10.0 Å². The van der Waals surface area contributed by atoms with Gasteiger partial charge in [-0.2, -0.15) is 0 Å². The maximum atomic E-state index is 4.21. The van der Waals surface area contributed by atoms with Crippen LogP contribution in [-0.4, -0.2) is 16.2 Å². The minimum absolute atomic E-state index is 0.294. The summed E-state index contributed by atoms with van der Waals surface area (Å²) in [7, 11) is 0. The minimum Gasteiger partial charge on any atom is -0.308 e. The SMILES string of the molecule is CC(C)NCc1nnc(CC(C)(C)C)s1. The van der Waals surface area contributed by atoms with Gasteiger partial charge in [-0.05, 0) is 5.41 Å². The highest BCUT2D eigenvalue weighted by atomic mass is 32.1. The van der Waals surface area contributed by atoms with E-state index in [0.29, 0.717) is 11.5 Å². The Morgan fingerprint density at radius 1 is 1.20 bits per heavy atom. The van der Waals surface area contributed by atoms with Gasteiger partial charge in [0.25, 0.3) is 0 Å². The standard InChI is InChI=1S/C11H21N3S/c1-8(2)12-7-10-14-13-9(15-10)6-11(3,4)5/h8,12H,6-7H2,1-5H3. The summed E-state index contributed by atoms with van der Waals surface area (Å²) in [6.07, 6.45) is 1.01. The third kappa shape index (κ3) is 5.23. The van der Waals surface area contributed by atoms with E-state index in [-0.39, 0.29) is 0 Å². The number of hydrogen-bond donors (Lipinski definition) is 1. The lowest BCUT2D eigenvalue weighted by Gasteiger charge is -2.14. The van der Waals surface area contributed by atoms with Crippen LogP contribution < -0.4 is 5.32 Å². The lowest BCUT2D eigenvalue weighted by molar-refractivity contribution is 0.409. The van der Waals surface area contributed by atoms with E-state index in [9.17, 15) is 0 Å². The van der Waals surface area contributed by atoms with E-state index in [2.05, 4.69) is 50.1 Å². The third-order valence-electron chi connectivity index (χ3n) is 1.85. The van der Waals surface area contributed by atoms with Crippen molar-refractivity contribution in [1.29, 1.82) is 0 Å². The van der Waals surface area contributed by atoms with E-state index in [0.717, 1.165) is 23.0 Å². The molecule has 3 nitrogen and oxygen atoms in total. The van der Waals surface area contributed by atoms with Gasteiger partial charge >= 0.3 is 0 Å². The molecule has 0 aliphatic heterocycles. The molecule has 0 saturated heterocycles. The van der Waals surface area contributed by atoms with Crippen LogP contribution >= 0.6 is 11.3 Å². The fraction of sp³-hybridized carbons (Fsp3) is 0.818. The van der Waals surface area contributed by atoms with E-state index >= 15 is 0 Å². The Hall–Kier alpha value is -0.480. The Kier molecular flexibility index (Phi) is 4.22. The second-order valence-electron chi connectivity index (χ2n) is 5.36. The number of rotatable bonds is 4. The summed E-state index contributed by atoms with van der Waals surface area (Å²) in [5.74, 6) is 0. The van der Waals surface area contributed by atoms with Crippen molar-refractivity contribution in [3.63, 3.8) is 0 Å². The van der Waals surface area contributed by atoms with Crippen LogP contribution in [0.3, 0.4) is 0 Å². The predicted octanol–water partition coefficient (Wildman–Crippen LogP) is 2.62. The van der Waals surface area contributed by atoms with Crippen LogP contribution in [0.15, 0.2) is 0 Å². The summed E-state index contributed by atoms with van der Waals surface area (Å²) in [6, 6.07) is 0.500. The smallest absolute Gasteiger partial charge is 0.131 e. The van der Waals surface area contributed by atoms with Gasteiger partial charge in [0.15, 0.2) is 0 Å². The molecule has 15 heavy (non-hydrogen) atoms. The summed E-state index contributed by atoms with van der Waals surface area (Å²) in [4.78, 5) is 0. The van der Waals surface area contributed by atoms with Gasteiger partial charge in [0.05, 0.1) is 0 Å². The maximum absolute atomic E-state index is 4.21. The molecule has 4 heteroatoms. The van der Waals surface area contributed by atoms with Crippen LogP contribution in [0, 0.1) is 5.41 Å². The summed E-state index contributed by atoms with van der Waals surface area (Å²) >= 11 is 1.72. The maximum Gasteiger partial charge on any atom is 0.131 e. The minimum atomic E-state index is 0.294. The molecule has 0 unspecified atom stereocenters. The highest BCUT2D eigenvalue weighted by Crippen LogP contribution is 2.22. The Balaban J connectivity index is 2.49. The second-order valence-corrected chi connectivity index (χ2v) is 6.51. The first-order valence-corrected chi connectivity index (χ1v) is 6.23. The lowest BCUT2D eigenvalue weighted by atomic mass is 9.93. The number of hydrogen-bond acceptors (Lipinski definition) is 4. The van der Waals surface area contributed by atoms with Crippen LogP contribution in [-0.2, 0) is 13.0 Å². The fourth-order valence-corrected chi connectivity index (χ4v) is 2.27. The second kappa shape index (κ2) is 5.03. The molecular weight excluding hydrogens is 206 g/mol. The zero-order valence-corrected chi connectivity index (χ0v) is 11.1. The normalized spacial score (nSPS) is 12.4. The molecule has 1 aromatic heterocycles. The van der Waals surface area contributed by atoms with Crippen molar-refractivity contribution in [2.45, 2.75) is 53.6 Å². The molecule has 0 amide bonds. The fourth-order valence-electron chi connectivity index (χ4n) is 1.18. The molecule has 86 valence electrons. The van der Waals surface area contributed by atoms with Crippen LogP contribution in [0.2, 0.25) is 0 Å². The first kappa shape index (κ1) is 12.6. The van der Waals surface area contributed by atoms with Crippen LogP contribution in [0.25, 0.3) is 0 Å². The average molecular weight is 227 g/mol. The molecule has 0 aliphatic rings. The van der Waals surface area contributed by atoms with Crippen LogP contribution in [0.1, 0.15) is 44.6 Å². The molecular formula is C11H21N3S. The predicted molar refractivity (Wildman–Crippen MR) is 65.0 cm³/mol. The molecule has 0 fully saturated rings. The first-order valence-electron chi connectivity index (χ1n) is 5.41. The van der Waals surface area contributed by atoms with Crippen molar-refractivity contribution < 1.29 is 0 Å². The molecule has 0 saturated carbocycles. The average Bonchev–Trinajstić information content (AvgIpc) is 2.45. The molecule has 0 bridgehead atoms. The Bertz CT molecular complexity index is 299. The van der Waals surface area contributed by atoms with Crippen molar-refractivity contribution in [2.75, 3.05) is 0 Å². The number of nitrogens with one attached hydrogen (secondary N) is 1. The topological polar surface area (TPSA) is 37.8 Å². The number of aromatic nitrogens is 2. The quantitative estimate of drug-likeness (QED) is 0.859. The third-order valence-corrected chi connectivity index (χ3v) is 2.78. The molecule has 0 radical (unpaired) electrons. The van der Waals surface area contributed by atoms with E-state index in [1.165, 1.54) is 0 Å². The Morgan fingerprint density at radius 2 is 1.80 bits per heavy atom. The molecule has 1 N–H and O–H groups in total. The van der Waals surface area contributed by atoms with Gasteiger partial charge in [0, 0.05) is 19.0 Å².